The maximum absolute atomic E-state index is 3.29. The van der Waals surface area contributed by atoms with Crippen molar-refractivity contribution in [2.45, 2.75) is 0 Å². The zero-order chi connectivity index (χ0) is 12.2. The van der Waals surface area contributed by atoms with Gasteiger partial charge in [-0.25, -0.2) is 9.97 Å². The Labute approximate surface area is 107 Å². The van der Waals surface area contributed by atoms with E-state index in [1.54, 1.807) is 0 Å². The smallest absolute Gasteiger partial charge is 0.254 e. The molecule has 0 spiro atoms. The summed E-state index contributed by atoms with van der Waals surface area (Å²) in [5.41, 5.74) is 0. The molecule has 92 valence electrons. The molecule has 1 fully saturated rings. The van der Waals surface area contributed by atoms with Gasteiger partial charge in [0.1, 0.15) is 26.2 Å². The molecule has 3 heterocycles. The Morgan fingerprint density at radius 1 is 0.667 bits per heavy atom. The van der Waals surface area contributed by atoms with Crippen molar-refractivity contribution in [2.24, 2.45) is 0 Å². The fraction of sp³-hybridized carbons (Fsp3) is 0.286. The van der Waals surface area contributed by atoms with E-state index in [1.807, 2.05) is 24.5 Å². The lowest BCUT2D eigenvalue weighted by Gasteiger charge is -2.26. The molecule has 1 saturated heterocycles. The third-order valence-corrected chi connectivity index (χ3v) is 3.35. The zero-order valence-electron chi connectivity index (χ0n) is 10.3. The van der Waals surface area contributed by atoms with E-state index in [9.17, 15) is 0 Å². The van der Waals surface area contributed by atoms with E-state index in [1.165, 1.54) is 11.6 Å². The number of hydrogen-bond donors (Lipinski definition) is 0. The molecular weight excluding hydrogens is 224 g/mol. The van der Waals surface area contributed by atoms with Gasteiger partial charge in [0, 0.05) is 12.1 Å². The molecule has 1 aliphatic heterocycles. The van der Waals surface area contributed by atoms with Crippen LogP contribution in [0.4, 0.5) is 11.6 Å². The molecule has 1 aliphatic rings. The minimum atomic E-state index is 1.04. The van der Waals surface area contributed by atoms with Crippen LogP contribution in [0.15, 0.2) is 48.8 Å². The van der Waals surface area contributed by atoms with Crippen molar-refractivity contribution in [1.29, 1.82) is 0 Å². The Kier molecular flexibility index (Phi) is 3.08. The first-order valence-corrected chi connectivity index (χ1v) is 6.37. The van der Waals surface area contributed by atoms with Crippen molar-refractivity contribution in [3.05, 3.63) is 48.8 Å². The third kappa shape index (κ3) is 2.27. The molecule has 3 rings (SSSR count). The van der Waals surface area contributed by atoms with Gasteiger partial charge in [0.15, 0.2) is 0 Å². The van der Waals surface area contributed by atoms with E-state index >= 15 is 0 Å². The average molecular weight is 242 g/mol. The maximum atomic E-state index is 3.29. The normalized spacial score (nSPS) is 15.8. The molecule has 4 nitrogen and oxygen atoms in total. The van der Waals surface area contributed by atoms with Gasteiger partial charge in [0.05, 0.1) is 12.4 Å². The molecule has 0 saturated carbocycles. The quantitative estimate of drug-likeness (QED) is 0.774. The average Bonchev–Trinajstić information content (AvgIpc) is 2.49. The predicted molar refractivity (Wildman–Crippen MR) is 70.4 cm³/mol. The zero-order valence-corrected chi connectivity index (χ0v) is 10.3. The fourth-order valence-corrected chi connectivity index (χ4v) is 2.35. The molecule has 0 aliphatic carbocycles. The highest BCUT2D eigenvalue weighted by Gasteiger charge is 2.27. The lowest BCUT2D eigenvalue weighted by molar-refractivity contribution is -0.366. The van der Waals surface area contributed by atoms with Crippen molar-refractivity contribution < 1.29 is 9.97 Å². The highest BCUT2D eigenvalue weighted by Crippen LogP contribution is 2.13. The number of anilines is 2. The van der Waals surface area contributed by atoms with Gasteiger partial charge in [-0.2, -0.15) is 0 Å². The monoisotopic (exact) mass is 242 g/mol. The third-order valence-electron chi connectivity index (χ3n) is 3.35. The second-order valence-corrected chi connectivity index (χ2v) is 4.47. The summed E-state index contributed by atoms with van der Waals surface area (Å²) in [7, 11) is 0. The van der Waals surface area contributed by atoms with E-state index in [2.05, 4.69) is 44.0 Å². The van der Waals surface area contributed by atoms with Crippen molar-refractivity contribution >= 4 is 11.6 Å². The fourth-order valence-electron chi connectivity index (χ4n) is 2.35. The Bertz CT molecular complexity index is 430. The summed E-state index contributed by atoms with van der Waals surface area (Å²) in [6, 6.07) is 12.4. The summed E-state index contributed by atoms with van der Waals surface area (Å²) in [4.78, 5) is 11.4. The topological polar surface area (TPSA) is 34.8 Å². The van der Waals surface area contributed by atoms with Crippen LogP contribution in [0.1, 0.15) is 0 Å². The van der Waals surface area contributed by atoms with Crippen molar-refractivity contribution in [1.82, 2.24) is 0 Å². The Morgan fingerprint density at radius 3 is 1.44 bits per heavy atom. The molecule has 4 heteroatoms. The Morgan fingerprint density at radius 2 is 1.11 bits per heavy atom. The SMILES string of the molecule is c1ccc(N2CCN(c3cccc[nH+]3)CC2)[nH+]c1. The number of aromatic nitrogens is 2. The van der Waals surface area contributed by atoms with Crippen LogP contribution in [0.25, 0.3) is 0 Å². The number of hydrogen-bond acceptors (Lipinski definition) is 2. The second-order valence-electron chi connectivity index (χ2n) is 4.47. The minimum absolute atomic E-state index is 1.04. The molecule has 18 heavy (non-hydrogen) atoms. The Balaban J connectivity index is 1.65. The summed E-state index contributed by atoms with van der Waals surface area (Å²) >= 11 is 0. The first kappa shape index (κ1) is 11.0. The Hall–Kier alpha value is -2.10. The largest absolute Gasteiger partial charge is 0.274 e. The molecule has 2 aromatic heterocycles. The number of rotatable bonds is 2. The maximum Gasteiger partial charge on any atom is 0.274 e. The van der Waals surface area contributed by atoms with Gasteiger partial charge >= 0.3 is 0 Å². The van der Waals surface area contributed by atoms with Gasteiger partial charge in [-0.15, -0.1) is 0 Å². The summed E-state index contributed by atoms with van der Waals surface area (Å²) < 4.78 is 0. The highest BCUT2D eigenvalue weighted by molar-refractivity contribution is 5.39. The number of aromatic amines is 2. The standard InChI is InChI=1S/C14H16N4/c1-3-7-15-13(5-1)17-9-11-18(12-10-17)14-6-2-4-8-16-14/h1-8H,9-12H2/p+2. The van der Waals surface area contributed by atoms with Crippen molar-refractivity contribution in [3.63, 3.8) is 0 Å². The van der Waals surface area contributed by atoms with E-state index in [0.29, 0.717) is 0 Å². The molecule has 0 atom stereocenters. The molecule has 0 bridgehead atoms. The number of nitrogens with zero attached hydrogens (tertiary/aromatic N) is 2. The van der Waals surface area contributed by atoms with E-state index in [4.69, 9.17) is 0 Å². The first-order chi connectivity index (χ1) is 8.93. The first-order valence-electron chi connectivity index (χ1n) is 6.37. The highest BCUT2D eigenvalue weighted by atomic mass is 15.3. The van der Waals surface area contributed by atoms with Gasteiger partial charge in [-0.1, -0.05) is 12.1 Å². The van der Waals surface area contributed by atoms with Crippen LogP contribution in [-0.2, 0) is 0 Å². The van der Waals surface area contributed by atoms with Crippen LogP contribution in [-0.4, -0.2) is 26.2 Å². The molecule has 0 unspecified atom stereocenters. The van der Waals surface area contributed by atoms with Crippen molar-refractivity contribution in [2.75, 3.05) is 36.0 Å². The van der Waals surface area contributed by atoms with Crippen LogP contribution in [0.2, 0.25) is 0 Å². The van der Waals surface area contributed by atoms with Gasteiger partial charge in [0.2, 0.25) is 0 Å². The summed E-state index contributed by atoms with van der Waals surface area (Å²) in [6.45, 7) is 4.18. The lowest BCUT2D eigenvalue weighted by atomic mass is 10.3. The lowest BCUT2D eigenvalue weighted by Crippen LogP contribution is -2.49. The molecule has 0 amide bonds. The molecule has 2 aromatic rings. The minimum Gasteiger partial charge on any atom is -0.254 e. The number of piperazine rings is 1. The summed E-state index contributed by atoms with van der Waals surface area (Å²) in [6.07, 6.45) is 3.96. The van der Waals surface area contributed by atoms with Crippen LogP contribution in [0.3, 0.4) is 0 Å². The van der Waals surface area contributed by atoms with Crippen LogP contribution in [0.5, 0.6) is 0 Å². The van der Waals surface area contributed by atoms with Crippen LogP contribution >= 0.6 is 0 Å². The summed E-state index contributed by atoms with van der Waals surface area (Å²) in [5.74, 6) is 2.41. The van der Waals surface area contributed by atoms with E-state index in [-0.39, 0.29) is 0 Å². The second kappa shape index (κ2) is 5.04. The van der Waals surface area contributed by atoms with E-state index < -0.39 is 0 Å². The van der Waals surface area contributed by atoms with Gasteiger partial charge in [-0.3, -0.25) is 9.80 Å². The molecule has 0 aromatic carbocycles. The number of pyridine rings is 2. The number of nitrogens with one attached hydrogen (secondary N) is 2. The molecular formula is C14H18N4+2. The van der Waals surface area contributed by atoms with Gasteiger partial charge < -0.3 is 0 Å². The molecule has 0 radical (unpaired) electrons. The van der Waals surface area contributed by atoms with Gasteiger partial charge in [0.25, 0.3) is 11.6 Å². The summed E-state index contributed by atoms with van der Waals surface area (Å²) in [5, 5.41) is 0. The molecule has 2 N–H and O–H groups in total. The van der Waals surface area contributed by atoms with E-state index in [0.717, 1.165) is 26.2 Å². The van der Waals surface area contributed by atoms with Crippen LogP contribution < -0.4 is 19.8 Å². The van der Waals surface area contributed by atoms with Gasteiger partial charge in [-0.05, 0) is 12.1 Å². The van der Waals surface area contributed by atoms with Crippen LogP contribution in [0, 0.1) is 0 Å². The van der Waals surface area contributed by atoms with Crippen molar-refractivity contribution in [3.8, 4) is 0 Å². The predicted octanol–water partition coefficient (Wildman–Crippen LogP) is 0.641. The number of H-pyrrole nitrogens is 2.